The molecule has 1 aliphatic rings. The first-order valence-corrected chi connectivity index (χ1v) is 8.26. The van der Waals surface area contributed by atoms with E-state index in [1.165, 1.54) is 0 Å². The molecule has 1 fully saturated rings. The normalized spacial score (nSPS) is 13.6. The van der Waals surface area contributed by atoms with Gasteiger partial charge in [-0.3, -0.25) is 15.1 Å². The molecule has 3 aromatic rings. The average Bonchev–Trinajstić information content (AvgIpc) is 3.37. The van der Waals surface area contributed by atoms with Crippen LogP contribution in [-0.2, 0) is 4.79 Å². The summed E-state index contributed by atoms with van der Waals surface area (Å²) < 4.78 is 1.82. The number of anilines is 2. The monoisotopic (exact) mass is 351 g/mol. The Morgan fingerprint density at radius 1 is 1.19 bits per heavy atom. The number of fused-ring (bicyclic) bond motifs is 1. The number of pyridine rings is 2. The number of aromatic nitrogens is 3. The lowest BCUT2D eigenvalue weighted by Crippen LogP contribution is -2.13. The zero-order valence-electron chi connectivity index (χ0n) is 14.1. The fraction of sp³-hybridized carbons (Fsp3) is 0.222. The molecule has 0 aromatic carbocycles. The van der Waals surface area contributed by atoms with Crippen LogP contribution < -0.4 is 10.6 Å². The predicted molar refractivity (Wildman–Crippen MR) is 96.2 cm³/mol. The highest BCUT2D eigenvalue weighted by Gasteiger charge is 2.29. The molecule has 2 amide bonds. The van der Waals surface area contributed by atoms with E-state index in [9.17, 15) is 9.59 Å². The first kappa shape index (κ1) is 16.1. The summed E-state index contributed by atoms with van der Waals surface area (Å²) in [6.45, 7) is 1.74. The van der Waals surface area contributed by atoms with Gasteiger partial charge in [-0.2, -0.15) is 0 Å². The molecule has 8 nitrogen and oxygen atoms in total. The van der Waals surface area contributed by atoms with Gasteiger partial charge in [-0.05, 0) is 38.0 Å². The van der Waals surface area contributed by atoms with Gasteiger partial charge in [0.2, 0.25) is 5.91 Å². The van der Waals surface area contributed by atoms with E-state index in [1.54, 1.807) is 25.4 Å². The minimum Gasteiger partial charge on any atom is -0.465 e. The van der Waals surface area contributed by atoms with Crippen molar-refractivity contribution >= 4 is 29.2 Å². The minimum atomic E-state index is -1.13. The molecule has 1 aliphatic carbocycles. The smallest absolute Gasteiger partial charge is 0.409 e. The van der Waals surface area contributed by atoms with E-state index >= 15 is 0 Å². The second kappa shape index (κ2) is 6.14. The molecule has 3 aromatic heterocycles. The third-order valence-corrected chi connectivity index (χ3v) is 4.31. The standard InChI is InChI=1S/C18H17N5O3/c1-10-14(20-18(25)26)6-13(7-19-10)12-4-5-16-21-15(9-23(16)8-12)22-17(24)11-2-3-11/h4-9,11,20H,2-3H2,1H3,(H,22,24)(H,25,26). The molecule has 0 spiro atoms. The van der Waals surface area contributed by atoms with Crippen molar-refractivity contribution < 1.29 is 14.7 Å². The molecule has 0 atom stereocenters. The number of carbonyl (C=O) groups is 2. The Morgan fingerprint density at radius 3 is 2.73 bits per heavy atom. The molecular weight excluding hydrogens is 334 g/mol. The van der Waals surface area contributed by atoms with Crippen molar-refractivity contribution in [1.82, 2.24) is 14.4 Å². The predicted octanol–water partition coefficient (Wildman–Crippen LogP) is 3.14. The highest BCUT2D eigenvalue weighted by atomic mass is 16.4. The highest BCUT2D eigenvalue weighted by Crippen LogP contribution is 2.30. The van der Waals surface area contributed by atoms with Gasteiger partial charge in [0.05, 0.1) is 17.6 Å². The molecule has 0 saturated heterocycles. The van der Waals surface area contributed by atoms with Crippen molar-refractivity contribution in [3.8, 4) is 11.1 Å². The first-order chi connectivity index (χ1) is 12.5. The second-order valence-corrected chi connectivity index (χ2v) is 6.36. The van der Waals surface area contributed by atoms with Crippen molar-refractivity contribution in [1.29, 1.82) is 0 Å². The van der Waals surface area contributed by atoms with E-state index in [1.807, 2.05) is 22.7 Å². The van der Waals surface area contributed by atoms with Crippen LogP contribution in [0.1, 0.15) is 18.5 Å². The van der Waals surface area contributed by atoms with Gasteiger partial charge >= 0.3 is 6.09 Å². The molecule has 0 radical (unpaired) electrons. The van der Waals surface area contributed by atoms with Crippen LogP contribution in [-0.4, -0.2) is 31.5 Å². The fourth-order valence-corrected chi connectivity index (χ4v) is 2.73. The number of aryl methyl sites for hydroxylation is 1. The molecule has 26 heavy (non-hydrogen) atoms. The molecular formula is C18H17N5O3. The topological polar surface area (TPSA) is 109 Å². The van der Waals surface area contributed by atoms with Gasteiger partial charge in [-0.25, -0.2) is 9.78 Å². The maximum Gasteiger partial charge on any atom is 0.409 e. The number of nitrogens with one attached hydrogen (secondary N) is 2. The van der Waals surface area contributed by atoms with Gasteiger partial charge in [0.25, 0.3) is 0 Å². The Balaban J connectivity index is 1.64. The fourth-order valence-electron chi connectivity index (χ4n) is 2.73. The Morgan fingerprint density at radius 2 is 2.00 bits per heavy atom. The summed E-state index contributed by atoms with van der Waals surface area (Å²) in [5.74, 6) is 0.657. The zero-order chi connectivity index (χ0) is 18.3. The Kier molecular flexibility index (Phi) is 3.80. The largest absolute Gasteiger partial charge is 0.465 e. The number of carboxylic acid groups (broad SMARTS) is 1. The summed E-state index contributed by atoms with van der Waals surface area (Å²) >= 11 is 0. The van der Waals surface area contributed by atoms with Gasteiger partial charge < -0.3 is 14.8 Å². The maximum atomic E-state index is 11.9. The second-order valence-electron chi connectivity index (χ2n) is 6.36. The van der Waals surface area contributed by atoms with E-state index in [4.69, 9.17) is 5.11 Å². The Bertz CT molecular complexity index is 1020. The lowest BCUT2D eigenvalue weighted by molar-refractivity contribution is -0.117. The molecule has 3 heterocycles. The molecule has 4 rings (SSSR count). The summed E-state index contributed by atoms with van der Waals surface area (Å²) in [6, 6.07) is 5.46. The number of carbonyl (C=O) groups excluding carboxylic acids is 1. The molecule has 3 N–H and O–H groups in total. The van der Waals surface area contributed by atoms with Crippen molar-refractivity contribution in [2.75, 3.05) is 10.6 Å². The van der Waals surface area contributed by atoms with Crippen LogP contribution in [0.5, 0.6) is 0 Å². The van der Waals surface area contributed by atoms with E-state index < -0.39 is 6.09 Å². The van der Waals surface area contributed by atoms with Gasteiger partial charge in [0.15, 0.2) is 5.82 Å². The van der Waals surface area contributed by atoms with Crippen molar-refractivity contribution in [2.24, 2.45) is 5.92 Å². The molecule has 0 bridgehead atoms. The van der Waals surface area contributed by atoms with Crippen molar-refractivity contribution in [3.63, 3.8) is 0 Å². The van der Waals surface area contributed by atoms with Gasteiger partial charge in [0.1, 0.15) is 5.65 Å². The summed E-state index contributed by atoms with van der Waals surface area (Å²) in [6.07, 6.45) is 6.07. The summed E-state index contributed by atoms with van der Waals surface area (Å²) in [5, 5.41) is 14.1. The summed E-state index contributed by atoms with van der Waals surface area (Å²) in [7, 11) is 0. The number of amides is 2. The number of imidazole rings is 1. The van der Waals surface area contributed by atoms with E-state index in [-0.39, 0.29) is 11.8 Å². The Labute approximate surface area is 148 Å². The molecule has 132 valence electrons. The molecule has 0 aliphatic heterocycles. The summed E-state index contributed by atoms with van der Waals surface area (Å²) in [4.78, 5) is 31.4. The molecule has 8 heteroatoms. The number of nitrogens with zero attached hydrogens (tertiary/aromatic N) is 3. The highest BCUT2D eigenvalue weighted by molar-refractivity contribution is 5.93. The van der Waals surface area contributed by atoms with Gasteiger partial charge in [-0.15, -0.1) is 0 Å². The maximum absolute atomic E-state index is 11.9. The van der Waals surface area contributed by atoms with Gasteiger partial charge in [-0.1, -0.05) is 0 Å². The van der Waals surface area contributed by atoms with Crippen molar-refractivity contribution in [3.05, 3.63) is 42.5 Å². The lowest BCUT2D eigenvalue weighted by atomic mass is 10.1. The quantitative estimate of drug-likeness (QED) is 0.669. The van der Waals surface area contributed by atoms with Crippen LogP contribution in [0.3, 0.4) is 0 Å². The first-order valence-electron chi connectivity index (χ1n) is 8.26. The zero-order valence-corrected chi connectivity index (χ0v) is 14.1. The van der Waals surface area contributed by atoms with Crippen LogP contribution in [0.4, 0.5) is 16.3 Å². The molecule has 1 saturated carbocycles. The number of hydrogen-bond acceptors (Lipinski definition) is 4. The van der Waals surface area contributed by atoms with E-state index in [2.05, 4.69) is 20.6 Å². The van der Waals surface area contributed by atoms with Crippen LogP contribution in [0, 0.1) is 12.8 Å². The van der Waals surface area contributed by atoms with Crippen molar-refractivity contribution in [2.45, 2.75) is 19.8 Å². The van der Waals surface area contributed by atoms with Crippen LogP contribution in [0.25, 0.3) is 16.8 Å². The van der Waals surface area contributed by atoms with Crippen LogP contribution in [0.15, 0.2) is 36.8 Å². The number of hydrogen-bond donors (Lipinski definition) is 3. The summed E-state index contributed by atoms with van der Waals surface area (Å²) in [5.41, 5.74) is 3.39. The van der Waals surface area contributed by atoms with Gasteiger partial charge in [0, 0.05) is 29.4 Å². The minimum absolute atomic E-state index is 0.0146. The number of rotatable bonds is 4. The van der Waals surface area contributed by atoms with E-state index in [0.717, 1.165) is 24.0 Å². The van der Waals surface area contributed by atoms with Crippen LogP contribution in [0.2, 0.25) is 0 Å². The SMILES string of the molecule is Cc1ncc(-c2ccc3nc(NC(=O)C4CC4)cn3c2)cc1NC(=O)O. The lowest BCUT2D eigenvalue weighted by Gasteiger charge is -2.08. The Hall–Kier alpha value is -3.42. The third-order valence-electron chi connectivity index (χ3n) is 4.31. The molecule has 0 unspecified atom stereocenters. The third kappa shape index (κ3) is 3.21. The average molecular weight is 351 g/mol. The van der Waals surface area contributed by atoms with E-state index in [0.29, 0.717) is 22.8 Å². The van der Waals surface area contributed by atoms with Crippen LogP contribution >= 0.6 is 0 Å².